The van der Waals surface area contributed by atoms with Crippen LogP contribution in [0.25, 0.3) is 10.9 Å². The van der Waals surface area contributed by atoms with E-state index in [2.05, 4.69) is 49.7 Å². The van der Waals surface area contributed by atoms with Gasteiger partial charge in [-0.05, 0) is 50.2 Å². The maximum atomic E-state index is 4.58. The molecule has 1 aromatic heterocycles. The molecule has 0 fully saturated rings. The summed E-state index contributed by atoms with van der Waals surface area (Å²) >= 11 is 0. The van der Waals surface area contributed by atoms with Crippen LogP contribution in [0.3, 0.4) is 0 Å². The van der Waals surface area contributed by atoms with Gasteiger partial charge in [0.25, 0.3) is 0 Å². The average Bonchev–Trinajstić information content (AvgIpc) is 2.63. The molecule has 25 heavy (non-hydrogen) atoms. The first-order valence-electron chi connectivity index (χ1n) is 10.2. The predicted molar refractivity (Wildman–Crippen MR) is 111 cm³/mol. The second kappa shape index (κ2) is 11.1. The average molecular weight is 338 g/mol. The Morgan fingerprint density at radius 3 is 2.48 bits per heavy atom. The third-order valence-electron chi connectivity index (χ3n) is 5.32. The fraction of sp³-hybridized carbons (Fsp3) is 0.542. The number of aryl methyl sites for hydroxylation is 1. The molecule has 1 heterocycles. The minimum Gasteiger partial charge on any atom is -0.256 e. The van der Waals surface area contributed by atoms with Crippen LogP contribution in [0.2, 0.25) is 0 Å². The summed E-state index contributed by atoms with van der Waals surface area (Å²) in [5, 5.41) is 1.25. The van der Waals surface area contributed by atoms with Gasteiger partial charge in [-0.3, -0.25) is 4.98 Å². The van der Waals surface area contributed by atoms with Crippen molar-refractivity contribution in [1.29, 1.82) is 0 Å². The van der Waals surface area contributed by atoms with Crippen LogP contribution in [-0.2, 0) is 6.42 Å². The van der Waals surface area contributed by atoms with Gasteiger partial charge in [0.15, 0.2) is 0 Å². The molecule has 0 saturated heterocycles. The van der Waals surface area contributed by atoms with E-state index in [1.54, 1.807) is 0 Å². The van der Waals surface area contributed by atoms with Crippen molar-refractivity contribution in [3.63, 3.8) is 0 Å². The van der Waals surface area contributed by atoms with E-state index >= 15 is 0 Å². The topological polar surface area (TPSA) is 12.9 Å². The fourth-order valence-electron chi connectivity index (χ4n) is 3.72. The van der Waals surface area contributed by atoms with E-state index in [1.165, 1.54) is 79.8 Å². The summed E-state index contributed by atoms with van der Waals surface area (Å²) in [5.74, 6) is 0.689. The molecule has 1 unspecified atom stereocenters. The fourth-order valence-corrected chi connectivity index (χ4v) is 3.72. The van der Waals surface area contributed by atoms with E-state index in [4.69, 9.17) is 0 Å². The number of rotatable bonds is 12. The van der Waals surface area contributed by atoms with Crippen LogP contribution in [0.4, 0.5) is 0 Å². The van der Waals surface area contributed by atoms with Gasteiger partial charge in [-0.25, -0.2) is 0 Å². The first kappa shape index (κ1) is 19.7. The molecule has 0 aliphatic heterocycles. The molecule has 2 rings (SSSR count). The van der Waals surface area contributed by atoms with Gasteiger partial charge in [0.1, 0.15) is 0 Å². The van der Waals surface area contributed by atoms with E-state index in [9.17, 15) is 0 Å². The van der Waals surface area contributed by atoms with Crippen LogP contribution >= 0.6 is 0 Å². The summed E-state index contributed by atoms with van der Waals surface area (Å²) in [4.78, 5) is 4.58. The van der Waals surface area contributed by atoms with Gasteiger partial charge in [-0.1, -0.05) is 81.9 Å². The molecule has 1 nitrogen and oxygen atoms in total. The molecule has 0 saturated carbocycles. The second-order valence-corrected chi connectivity index (χ2v) is 7.48. The molecule has 0 spiro atoms. The summed E-state index contributed by atoms with van der Waals surface area (Å²) in [6, 6.07) is 10.7. The van der Waals surface area contributed by atoms with Gasteiger partial charge in [-0.2, -0.15) is 0 Å². The SMILES string of the molecule is C=C(C)C(CCCCCCCC)CCCc1cccc2cccnc12. The van der Waals surface area contributed by atoms with Crippen LogP contribution in [0.1, 0.15) is 77.2 Å². The third kappa shape index (κ3) is 6.65. The number of pyridine rings is 1. The summed E-state index contributed by atoms with van der Waals surface area (Å²) in [6.07, 6.45) is 15.1. The zero-order valence-corrected chi connectivity index (χ0v) is 16.3. The Balaban J connectivity index is 1.78. The highest BCUT2D eigenvalue weighted by molar-refractivity contribution is 5.81. The highest BCUT2D eigenvalue weighted by Crippen LogP contribution is 2.25. The lowest BCUT2D eigenvalue weighted by atomic mass is 9.89. The summed E-state index contributed by atoms with van der Waals surface area (Å²) in [7, 11) is 0. The van der Waals surface area contributed by atoms with Crippen molar-refractivity contribution < 1.29 is 0 Å². The Labute approximate surface area is 154 Å². The van der Waals surface area contributed by atoms with Crippen molar-refractivity contribution in [1.82, 2.24) is 4.98 Å². The largest absolute Gasteiger partial charge is 0.256 e. The first-order valence-corrected chi connectivity index (χ1v) is 10.2. The van der Waals surface area contributed by atoms with Crippen LogP contribution in [0.5, 0.6) is 0 Å². The quantitative estimate of drug-likeness (QED) is 0.288. The Bertz CT molecular complexity index is 638. The molecule has 2 aromatic rings. The lowest BCUT2D eigenvalue weighted by Crippen LogP contribution is -2.03. The Morgan fingerprint density at radius 2 is 1.68 bits per heavy atom. The van der Waals surface area contributed by atoms with Crippen LogP contribution in [-0.4, -0.2) is 4.98 Å². The molecular formula is C24H35N. The number of fused-ring (bicyclic) bond motifs is 1. The molecule has 0 aliphatic carbocycles. The Hall–Kier alpha value is -1.63. The van der Waals surface area contributed by atoms with Crippen molar-refractivity contribution in [2.75, 3.05) is 0 Å². The van der Waals surface area contributed by atoms with Gasteiger partial charge in [-0.15, -0.1) is 0 Å². The van der Waals surface area contributed by atoms with E-state index in [-0.39, 0.29) is 0 Å². The highest BCUT2D eigenvalue weighted by atomic mass is 14.6. The number of para-hydroxylation sites is 1. The molecular weight excluding hydrogens is 302 g/mol. The smallest absolute Gasteiger partial charge is 0.0733 e. The number of aromatic nitrogens is 1. The van der Waals surface area contributed by atoms with Gasteiger partial charge in [0, 0.05) is 11.6 Å². The third-order valence-corrected chi connectivity index (χ3v) is 5.32. The molecule has 1 aromatic carbocycles. The Kier molecular flexibility index (Phi) is 8.72. The van der Waals surface area contributed by atoms with Gasteiger partial charge < -0.3 is 0 Å². The summed E-state index contributed by atoms with van der Waals surface area (Å²) in [5.41, 5.74) is 3.93. The maximum Gasteiger partial charge on any atom is 0.0733 e. The highest BCUT2D eigenvalue weighted by Gasteiger charge is 2.10. The van der Waals surface area contributed by atoms with Crippen molar-refractivity contribution in [3.05, 3.63) is 54.2 Å². The van der Waals surface area contributed by atoms with E-state index < -0.39 is 0 Å². The van der Waals surface area contributed by atoms with Crippen LogP contribution < -0.4 is 0 Å². The van der Waals surface area contributed by atoms with Gasteiger partial charge >= 0.3 is 0 Å². The van der Waals surface area contributed by atoms with E-state index in [0.717, 1.165) is 6.42 Å². The van der Waals surface area contributed by atoms with Crippen molar-refractivity contribution >= 4 is 10.9 Å². The predicted octanol–water partition coefficient (Wildman–Crippen LogP) is 7.50. The molecule has 136 valence electrons. The van der Waals surface area contributed by atoms with Crippen LogP contribution in [0.15, 0.2) is 48.7 Å². The monoisotopic (exact) mass is 337 g/mol. The molecule has 0 bridgehead atoms. The normalized spacial score (nSPS) is 12.4. The number of hydrogen-bond donors (Lipinski definition) is 0. The molecule has 0 N–H and O–H groups in total. The lowest BCUT2D eigenvalue weighted by molar-refractivity contribution is 0.464. The number of unbranched alkanes of at least 4 members (excludes halogenated alkanes) is 5. The van der Waals surface area contributed by atoms with Crippen molar-refractivity contribution in [2.24, 2.45) is 5.92 Å². The number of benzene rings is 1. The summed E-state index contributed by atoms with van der Waals surface area (Å²) < 4.78 is 0. The standard InChI is InChI=1S/C24H35N/c1-4-5-6-7-8-9-13-21(20(2)3)14-10-15-22-16-11-17-23-18-12-19-25-24(22)23/h11-12,16-19,21H,2,4-10,13-15H2,1,3H3. The minimum absolute atomic E-state index is 0.689. The molecule has 0 amide bonds. The van der Waals surface area contributed by atoms with Crippen molar-refractivity contribution in [2.45, 2.75) is 78.1 Å². The number of allylic oxidation sites excluding steroid dienone is 1. The van der Waals surface area contributed by atoms with Crippen LogP contribution in [0, 0.1) is 5.92 Å². The zero-order valence-electron chi connectivity index (χ0n) is 16.3. The first-order chi connectivity index (χ1) is 12.2. The molecule has 1 heteroatoms. The van der Waals surface area contributed by atoms with E-state index in [1.807, 2.05) is 12.3 Å². The maximum absolute atomic E-state index is 4.58. The zero-order chi connectivity index (χ0) is 17.9. The summed E-state index contributed by atoms with van der Waals surface area (Å²) in [6.45, 7) is 8.74. The number of hydrogen-bond acceptors (Lipinski definition) is 1. The number of nitrogens with zero attached hydrogens (tertiary/aromatic N) is 1. The van der Waals surface area contributed by atoms with Crippen molar-refractivity contribution in [3.8, 4) is 0 Å². The molecule has 1 atom stereocenters. The minimum atomic E-state index is 0.689. The second-order valence-electron chi connectivity index (χ2n) is 7.48. The Morgan fingerprint density at radius 1 is 0.960 bits per heavy atom. The lowest BCUT2D eigenvalue weighted by Gasteiger charge is -2.17. The molecule has 0 aliphatic rings. The van der Waals surface area contributed by atoms with Gasteiger partial charge in [0.2, 0.25) is 0 Å². The van der Waals surface area contributed by atoms with E-state index in [0.29, 0.717) is 5.92 Å². The molecule has 0 radical (unpaired) electrons. The van der Waals surface area contributed by atoms with Gasteiger partial charge in [0.05, 0.1) is 5.52 Å².